The maximum atomic E-state index is 14.8. The number of carbonyl (C=O) groups excluding carboxylic acids is 3. The van der Waals surface area contributed by atoms with Crippen molar-refractivity contribution in [2.45, 2.75) is 129 Å². The van der Waals surface area contributed by atoms with E-state index in [9.17, 15) is 19.5 Å². The summed E-state index contributed by atoms with van der Waals surface area (Å²) in [5.74, 6) is -3.56. The summed E-state index contributed by atoms with van der Waals surface area (Å²) in [5, 5.41) is 16.7. The predicted octanol–water partition coefficient (Wildman–Crippen LogP) is 8.26. The third kappa shape index (κ3) is 9.45. The van der Waals surface area contributed by atoms with E-state index in [1.807, 2.05) is 62.4 Å². The van der Waals surface area contributed by atoms with E-state index in [0.29, 0.717) is 29.6 Å². The summed E-state index contributed by atoms with van der Waals surface area (Å²) in [4.78, 5) is 42.7. The molecule has 3 saturated heterocycles. The second-order valence-corrected chi connectivity index (χ2v) is 24.0. The second-order valence-electron chi connectivity index (χ2n) is 20.0. The van der Waals surface area contributed by atoms with Gasteiger partial charge in [-0.25, -0.2) is 4.79 Å². The lowest BCUT2D eigenvalue weighted by Crippen LogP contribution is -2.64. The van der Waals surface area contributed by atoms with Crippen LogP contribution < -0.4 is 15.6 Å². The average Bonchev–Trinajstić information content (AvgIpc) is 3.63. The fourth-order valence-electron chi connectivity index (χ4n) is 11.0. The fraction of sp³-hybridized carbons (Fsp3) is 0.446. The number of benzene rings is 3. The van der Waals surface area contributed by atoms with E-state index in [2.05, 4.69) is 101 Å². The summed E-state index contributed by atoms with van der Waals surface area (Å²) < 4.78 is 32.8. The number of Topliss-reactive ketones (excluding diaryl/α,β-unsaturated/α-hetero) is 1. The number of hydrogen-bond acceptors (Lipinski definition) is 9. The van der Waals surface area contributed by atoms with Crippen molar-refractivity contribution in [1.82, 2.24) is 0 Å². The van der Waals surface area contributed by atoms with Crippen LogP contribution in [0.25, 0.3) is 0 Å². The summed E-state index contributed by atoms with van der Waals surface area (Å²) >= 11 is 0. The Kier molecular flexibility index (Phi) is 13.9. The molecule has 1 spiro atoms. The lowest BCUT2D eigenvalue weighted by atomic mass is 9.70. The standard InChI is InChI=1S/C56H66O9Si/c1-35(2)28-38(5)50-40(7)49(57)33-55(65-50)32-44-31-43(64-55)25-22-37(4)29-36(3)16-15-17-42-34-61-52-51(39(6)30-48(54(59)62-44)56(42,52)60)63-53(58)41-23-26-47(27-24-41)66(8,45-18-11-9-12-19-45)46-20-13-10-14-21-46/h9-24,26-28,30,35-36,40,43-44,48,50-52,60H,25,29,31-34H2,1-8H3/b16-15+,37-22+,38-28+,42-17+/t36-,40-,43+,44-,48-,50+,51+,52+,55-,56+/m0/s1. The van der Waals surface area contributed by atoms with Crippen molar-refractivity contribution in [2.24, 2.45) is 23.7 Å². The molecule has 1 aliphatic carbocycles. The third-order valence-corrected chi connectivity index (χ3v) is 19.0. The molecule has 0 unspecified atom stereocenters. The van der Waals surface area contributed by atoms with E-state index in [-0.39, 0.29) is 43.0 Å². The molecule has 3 aromatic carbocycles. The van der Waals surface area contributed by atoms with E-state index in [4.69, 9.17) is 23.7 Å². The number of ether oxygens (including phenoxy) is 5. The fourth-order valence-corrected chi connectivity index (χ4v) is 14.5. The van der Waals surface area contributed by atoms with Crippen LogP contribution in [0.4, 0.5) is 0 Å². The van der Waals surface area contributed by atoms with E-state index in [1.54, 1.807) is 13.0 Å². The maximum Gasteiger partial charge on any atom is 0.338 e. The number of aliphatic hydroxyl groups is 1. The molecule has 66 heavy (non-hydrogen) atoms. The Balaban J connectivity index is 1.10. The minimum atomic E-state index is -2.42. The van der Waals surface area contributed by atoms with Gasteiger partial charge in [0.1, 0.15) is 37.6 Å². The zero-order valence-electron chi connectivity index (χ0n) is 39.7. The lowest BCUT2D eigenvalue weighted by Gasteiger charge is -2.49. The van der Waals surface area contributed by atoms with E-state index >= 15 is 0 Å². The first-order valence-corrected chi connectivity index (χ1v) is 26.3. The molecule has 1 N–H and O–H groups in total. The van der Waals surface area contributed by atoms with Crippen LogP contribution in [0.2, 0.25) is 6.55 Å². The van der Waals surface area contributed by atoms with E-state index < -0.39 is 67.8 Å². The molecule has 10 heteroatoms. The Morgan fingerprint density at radius 1 is 0.909 bits per heavy atom. The highest BCUT2D eigenvalue weighted by atomic mass is 28.3. The normalized spacial score (nSPS) is 34.0. The number of rotatable bonds is 7. The largest absolute Gasteiger partial charge is 0.462 e. The van der Waals surface area contributed by atoms with Gasteiger partial charge in [0.25, 0.3) is 0 Å². The molecule has 0 saturated carbocycles. The van der Waals surface area contributed by atoms with Gasteiger partial charge in [0.2, 0.25) is 0 Å². The highest BCUT2D eigenvalue weighted by Crippen LogP contribution is 2.48. The molecule has 5 aliphatic rings. The molecule has 8 rings (SSSR count). The molecule has 9 nitrogen and oxygen atoms in total. The first kappa shape index (κ1) is 47.5. The predicted molar refractivity (Wildman–Crippen MR) is 259 cm³/mol. The van der Waals surface area contributed by atoms with Gasteiger partial charge >= 0.3 is 11.9 Å². The summed E-state index contributed by atoms with van der Waals surface area (Å²) in [7, 11) is -2.42. The molecule has 0 amide bonds. The molecule has 4 aliphatic heterocycles. The maximum absolute atomic E-state index is 14.8. The molecule has 3 fully saturated rings. The van der Waals surface area contributed by atoms with Gasteiger partial charge in [-0.15, -0.1) is 0 Å². The molecule has 10 atom stereocenters. The zero-order valence-corrected chi connectivity index (χ0v) is 40.7. The van der Waals surface area contributed by atoms with E-state index in [1.165, 1.54) is 15.9 Å². The highest BCUT2D eigenvalue weighted by Gasteiger charge is 2.61. The van der Waals surface area contributed by atoms with Crippen molar-refractivity contribution < 1.29 is 43.2 Å². The first-order valence-electron chi connectivity index (χ1n) is 23.8. The third-order valence-electron chi connectivity index (χ3n) is 14.5. The molecule has 348 valence electrons. The summed E-state index contributed by atoms with van der Waals surface area (Å²) in [6, 6.07) is 28.7. The van der Waals surface area contributed by atoms with Crippen molar-refractivity contribution in [2.75, 3.05) is 6.61 Å². The number of allylic oxidation sites excluding steroid dienone is 5. The first-order chi connectivity index (χ1) is 31.5. The van der Waals surface area contributed by atoms with Crippen LogP contribution in [0.5, 0.6) is 0 Å². The van der Waals surface area contributed by atoms with Crippen LogP contribution in [0, 0.1) is 23.7 Å². The molecular weight excluding hydrogens is 845 g/mol. The van der Waals surface area contributed by atoms with Crippen LogP contribution in [-0.2, 0) is 33.3 Å². The molecule has 3 aromatic rings. The average molecular weight is 911 g/mol. The second kappa shape index (κ2) is 19.3. The minimum Gasteiger partial charge on any atom is -0.462 e. The van der Waals surface area contributed by atoms with Crippen molar-refractivity contribution in [3.05, 3.63) is 149 Å². The van der Waals surface area contributed by atoms with Crippen LogP contribution in [-0.4, -0.2) is 79.4 Å². The minimum absolute atomic E-state index is 0.0237. The summed E-state index contributed by atoms with van der Waals surface area (Å²) in [6.45, 7) is 16.5. The van der Waals surface area contributed by atoms with Crippen LogP contribution in [0.3, 0.4) is 0 Å². The summed E-state index contributed by atoms with van der Waals surface area (Å²) in [6.07, 6.45) is 10.1. The number of ketones is 1. The van der Waals surface area contributed by atoms with Gasteiger partial charge in [0, 0.05) is 18.8 Å². The highest BCUT2D eigenvalue weighted by molar-refractivity contribution is 7.10. The Labute approximate surface area is 391 Å². The smallest absolute Gasteiger partial charge is 0.338 e. The van der Waals surface area contributed by atoms with Gasteiger partial charge in [-0.05, 0) is 89.9 Å². The number of carbonyl (C=O) groups is 3. The molecule has 4 heterocycles. The van der Waals surface area contributed by atoms with Gasteiger partial charge in [-0.1, -0.05) is 149 Å². The van der Waals surface area contributed by atoms with Crippen LogP contribution in [0.15, 0.2) is 144 Å². The van der Waals surface area contributed by atoms with Crippen molar-refractivity contribution >= 4 is 41.4 Å². The molecule has 0 aromatic heterocycles. The van der Waals surface area contributed by atoms with Gasteiger partial charge < -0.3 is 28.8 Å². The number of fused-ring (bicyclic) bond motifs is 2. The summed E-state index contributed by atoms with van der Waals surface area (Å²) in [5.41, 5.74) is 1.68. The van der Waals surface area contributed by atoms with E-state index in [0.717, 1.165) is 17.2 Å². The Morgan fingerprint density at radius 2 is 1.56 bits per heavy atom. The van der Waals surface area contributed by atoms with Gasteiger partial charge in [-0.2, -0.15) is 0 Å². The Hall–Kier alpha value is -4.97. The zero-order chi connectivity index (χ0) is 47.0. The SMILES string of the molecule is CC1=C[C@H]2C(=O)O[C@H]3C[C@@H](C/C=C(\C)C[C@@H](C)/C=C/C=C4\CO[C@H]([C@@H]1OC(=O)c1ccc([Si](C)(c5ccccc5)c5ccccc5)cc1)[C@@]42O)O[C@@]1(CC(=O)[C@H](C)[C@@H](/C(C)=C/C(C)C)O1)C3. The van der Waals surface area contributed by atoms with Gasteiger partial charge in [0.05, 0.1) is 30.8 Å². The number of esters is 2. The quantitative estimate of drug-likeness (QED) is 0.108. The van der Waals surface area contributed by atoms with Gasteiger partial charge in [-0.3, -0.25) is 9.59 Å². The van der Waals surface area contributed by atoms with Crippen LogP contribution >= 0.6 is 0 Å². The van der Waals surface area contributed by atoms with Crippen molar-refractivity contribution in [3.63, 3.8) is 0 Å². The lowest BCUT2D eigenvalue weighted by molar-refractivity contribution is -0.319. The Morgan fingerprint density at radius 3 is 2.21 bits per heavy atom. The number of hydrogen-bond donors (Lipinski definition) is 1. The van der Waals surface area contributed by atoms with Crippen molar-refractivity contribution in [3.8, 4) is 0 Å². The molecule has 0 radical (unpaired) electrons. The molecule has 2 bridgehead atoms. The van der Waals surface area contributed by atoms with Crippen molar-refractivity contribution in [1.29, 1.82) is 0 Å². The van der Waals surface area contributed by atoms with Gasteiger partial charge in [0.15, 0.2) is 11.9 Å². The molecular formula is C56H66O9Si. The monoisotopic (exact) mass is 910 g/mol. The topological polar surface area (TPSA) is 118 Å². The Bertz CT molecular complexity index is 2390. The van der Waals surface area contributed by atoms with Crippen LogP contribution in [0.1, 0.15) is 90.9 Å².